The molecule has 1 aromatic carbocycles. The molecule has 2 unspecified atom stereocenters. The van der Waals surface area contributed by atoms with Gasteiger partial charge in [0.15, 0.2) is 5.57 Å². The topological polar surface area (TPSA) is 77.1 Å². The first-order chi connectivity index (χ1) is 16.0. The molecule has 0 aliphatic rings. The highest BCUT2D eigenvalue weighted by Crippen LogP contribution is 2.27. The Morgan fingerprint density at radius 3 is 1.79 bits per heavy atom. The van der Waals surface area contributed by atoms with Gasteiger partial charge in [-0.05, 0) is 42.4 Å². The van der Waals surface area contributed by atoms with Gasteiger partial charge in [-0.15, -0.1) is 0 Å². The van der Waals surface area contributed by atoms with E-state index < -0.39 is 5.97 Å². The van der Waals surface area contributed by atoms with Crippen molar-refractivity contribution in [3.05, 3.63) is 35.4 Å². The second-order valence-electron chi connectivity index (χ2n) is 8.75. The smallest absolute Gasteiger partial charge is 0.350 e. The van der Waals surface area contributed by atoms with E-state index in [1.54, 1.807) is 0 Å². The summed E-state index contributed by atoms with van der Waals surface area (Å²) in [6, 6.07) is 11.5. The van der Waals surface area contributed by atoms with Crippen LogP contribution in [0, 0.1) is 34.5 Å². The summed E-state index contributed by atoms with van der Waals surface area (Å²) in [6.07, 6.45) is 9.71. The summed E-state index contributed by atoms with van der Waals surface area (Å²) in [7, 11) is 1.21. The lowest BCUT2D eigenvalue weighted by atomic mass is 9.95. The number of allylic oxidation sites excluding steroid dienone is 1. The van der Waals surface area contributed by atoms with E-state index in [0.717, 1.165) is 31.6 Å². The number of hydrogen-bond donors (Lipinski definition) is 0. The number of benzene rings is 1. The van der Waals surface area contributed by atoms with Gasteiger partial charge in [-0.2, -0.15) is 10.5 Å². The molecule has 0 saturated carbocycles. The third kappa shape index (κ3) is 8.93. The van der Waals surface area contributed by atoms with Crippen LogP contribution >= 0.6 is 0 Å². The molecule has 0 heterocycles. The number of esters is 1. The summed E-state index contributed by atoms with van der Waals surface area (Å²) in [5.74, 6) is 0.503. The summed E-state index contributed by atoms with van der Waals surface area (Å²) < 4.78 is 4.67. The van der Waals surface area contributed by atoms with Crippen molar-refractivity contribution in [2.45, 2.75) is 79.1 Å². The molecule has 0 spiro atoms. The molecule has 0 saturated heterocycles. The Kier molecular flexibility index (Phi) is 13.6. The minimum Gasteiger partial charge on any atom is -0.465 e. The lowest BCUT2D eigenvalue weighted by molar-refractivity contribution is -0.135. The molecular weight excluding hydrogens is 410 g/mol. The van der Waals surface area contributed by atoms with Crippen LogP contribution in [0.4, 0.5) is 5.69 Å². The van der Waals surface area contributed by atoms with Crippen molar-refractivity contribution < 1.29 is 9.53 Å². The number of ether oxygens (including phenoxy) is 1. The van der Waals surface area contributed by atoms with Gasteiger partial charge in [-0.1, -0.05) is 78.4 Å². The molecule has 0 aromatic heterocycles. The molecule has 33 heavy (non-hydrogen) atoms. The zero-order chi connectivity index (χ0) is 24.6. The molecular formula is C28H41N3O2. The number of carbonyl (C=O) groups is 1. The van der Waals surface area contributed by atoms with Crippen molar-refractivity contribution in [2.75, 3.05) is 25.1 Å². The molecule has 180 valence electrons. The lowest BCUT2D eigenvalue weighted by Crippen LogP contribution is -2.34. The van der Waals surface area contributed by atoms with E-state index in [1.165, 1.54) is 45.6 Å². The number of nitriles is 2. The Morgan fingerprint density at radius 1 is 0.909 bits per heavy atom. The third-order valence-corrected chi connectivity index (χ3v) is 6.43. The Morgan fingerprint density at radius 2 is 1.42 bits per heavy atom. The molecule has 0 aliphatic heterocycles. The summed E-state index contributed by atoms with van der Waals surface area (Å²) in [6.45, 7) is 11.1. The molecule has 1 aromatic rings. The average molecular weight is 452 g/mol. The van der Waals surface area contributed by atoms with Crippen molar-refractivity contribution in [3.8, 4) is 12.1 Å². The van der Waals surface area contributed by atoms with Crippen molar-refractivity contribution in [1.82, 2.24) is 0 Å². The van der Waals surface area contributed by atoms with Crippen LogP contribution < -0.4 is 4.90 Å². The van der Waals surface area contributed by atoms with E-state index in [2.05, 4.69) is 37.3 Å². The zero-order valence-electron chi connectivity index (χ0n) is 21.2. The lowest BCUT2D eigenvalue weighted by Gasteiger charge is -2.32. The van der Waals surface area contributed by atoms with Gasteiger partial charge in [0.2, 0.25) is 0 Å². The predicted molar refractivity (Wildman–Crippen MR) is 135 cm³/mol. The van der Waals surface area contributed by atoms with Crippen LogP contribution in [0.2, 0.25) is 0 Å². The number of rotatable bonds is 15. The monoisotopic (exact) mass is 451 g/mol. The van der Waals surface area contributed by atoms with E-state index in [0.29, 0.717) is 17.4 Å². The first-order valence-electron chi connectivity index (χ1n) is 12.5. The van der Waals surface area contributed by atoms with Gasteiger partial charge in [0.1, 0.15) is 12.1 Å². The standard InChI is InChI=1S/C28H41N3O2/c1-6-10-12-22(8-3)20-31(21-23(9-4)13-11-7-2)25-16-14-24(15-17-25)26(18-29)27(19-30)28(32)33-5/h14-17,22-23H,6-13,20-21H2,1-5H3. The van der Waals surface area contributed by atoms with E-state index in [9.17, 15) is 15.3 Å². The maximum Gasteiger partial charge on any atom is 0.350 e. The fraction of sp³-hybridized carbons (Fsp3) is 0.607. The van der Waals surface area contributed by atoms with E-state index >= 15 is 0 Å². The van der Waals surface area contributed by atoms with E-state index in [-0.39, 0.29) is 11.1 Å². The van der Waals surface area contributed by atoms with E-state index in [1.807, 2.05) is 36.4 Å². The fourth-order valence-corrected chi connectivity index (χ4v) is 4.15. The zero-order valence-corrected chi connectivity index (χ0v) is 21.2. The molecule has 0 amide bonds. The Bertz CT molecular complexity index is 812. The van der Waals surface area contributed by atoms with Crippen molar-refractivity contribution >= 4 is 17.2 Å². The first kappa shape index (κ1) is 28.2. The largest absolute Gasteiger partial charge is 0.465 e. The third-order valence-electron chi connectivity index (χ3n) is 6.43. The van der Waals surface area contributed by atoms with Crippen LogP contribution in [0.5, 0.6) is 0 Å². The van der Waals surface area contributed by atoms with Gasteiger partial charge in [-0.25, -0.2) is 4.79 Å². The molecule has 5 nitrogen and oxygen atoms in total. The molecule has 0 bridgehead atoms. The number of anilines is 1. The molecule has 5 heteroatoms. The van der Waals surface area contributed by atoms with Crippen molar-refractivity contribution in [2.24, 2.45) is 11.8 Å². The van der Waals surface area contributed by atoms with Crippen molar-refractivity contribution in [1.29, 1.82) is 10.5 Å². The Labute approximate surface area is 201 Å². The highest BCUT2D eigenvalue weighted by Gasteiger charge is 2.20. The molecule has 2 atom stereocenters. The highest BCUT2D eigenvalue weighted by atomic mass is 16.5. The molecule has 1 rings (SSSR count). The maximum absolute atomic E-state index is 11.9. The second kappa shape index (κ2) is 15.9. The van der Waals surface area contributed by atoms with Gasteiger partial charge >= 0.3 is 5.97 Å². The molecule has 0 radical (unpaired) electrons. The number of nitrogens with zero attached hydrogens (tertiary/aromatic N) is 3. The van der Waals surface area contributed by atoms with Crippen molar-refractivity contribution in [3.63, 3.8) is 0 Å². The summed E-state index contributed by atoms with van der Waals surface area (Å²) in [5, 5.41) is 19.0. The number of methoxy groups -OCH3 is 1. The predicted octanol–water partition coefficient (Wildman–Crippen LogP) is 6.90. The first-order valence-corrected chi connectivity index (χ1v) is 12.5. The quantitative estimate of drug-likeness (QED) is 0.165. The molecule has 0 N–H and O–H groups in total. The van der Waals surface area contributed by atoms with Gasteiger partial charge in [0, 0.05) is 18.8 Å². The minimum atomic E-state index is -0.789. The summed E-state index contributed by atoms with van der Waals surface area (Å²) >= 11 is 0. The van der Waals surface area contributed by atoms with Gasteiger partial charge < -0.3 is 9.64 Å². The van der Waals surface area contributed by atoms with Crippen LogP contribution in [0.3, 0.4) is 0 Å². The fourth-order valence-electron chi connectivity index (χ4n) is 4.15. The average Bonchev–Trinajstić information content (AvgIpc) is 2.86. The number of unbranched alkanes of at least 4 members (excludes halogenated alkanes) is 2. The van der Waals surface area contributed by atoms with Crippen LogP contribution in [0.1, 0.15) is 84.6 Å². The number of carbonyl (C=O) groups excluding carboxylic acids is 1. The van der Waals surface area contributed by atoms with Crippen LogP contribution in [0.15, 0.2) is 29.8 Å². The van der Waals surface area contributed by atoms with Gasteiger partial charge in [-0.3, -0.25) is 0 Å². The molecule has 0 aliphatic carbocycles. The van der Waals surface area contributed by atoms with Crippen LogP contribution in [-0.2, 0) is 9.53 Å². The molecule has 0 fully saturated rings. The summed E-state index contributed by atoms with van der Waals surface area (Å²) in [4.78, 5) is 14.4. The highest BCUT2D eigenvalue weighted by molar-refractivity contribution is 6.04. The maximum atomic E-state index is 11.9. The SMILES string of the molecule is CCCCC(CC)CN(CC(CC)CCCC)c1ccc(C(C#N)=C(C#N)C(=O)OC)cc1. The van der Waals surface area contributed by atoms with Crippen LogP contribution in [0.25, 0.3) is 5.57 Å². The second-order valence-corrected chi connectivity index (χ2v) is 8.75. The summed E-state index contributed by atoms with van der Waals surface area (Å²) in [5.41, 5.74) is 1.46. The van der Waals surface area contributed by atoms with E-state index in [4.69, 9.17) is 0 Å². The van der Waals surface area contributed by atoms with Crippen LogP contribution in [-0.4, -0.2) is 26.2 Å². The Balaban J connectivity index is 3.26. The normalized spacial score (nSPS) is 13.3. The van der Waals surface area contributed by atoms with Gasteiger partial charge in [0.05, 0.1) is 12.7 Å². The van der Waals surface area contributed by atoms with Gasteiger partial charge in [0.25, 0.3) is 0 Å². The minimum absolute atomic E-state index is 0.0474. The Hall–Kier alpha value is -2.79. The number of hydrogen-bond acceptors (Lipinski definition) is 5.